The molecule has 2 aromatic rings. The van der Waals surface area contributed by atoms with Crippen LogP contribution in [0.15, 0.2) is 30.9 Å². The molecule has 0 saturated carbocycles. The van der Waals surface area contributed by atoms with Crippen molar-refractivity contribution in [3.8, 4) is 5.69 Å². The first-order valence-electron chi connectivity index (χ1n) is 6.37. The van der Waals surface area contributed by atoms with Gasteiger partial charge in [0.1, 0.15) is 12.7 Å². The van der Waals surface area contributed by atoms with Crippen LogP contribution in [0.5, 0.6) is 0 Å². The largest absolute Gasteiger partial charge is 0.392 e. The molecule has 1 N–H and O–H groups in total. The first-order valence-corrected chi connectivity index (χ1v) is 6.37. The maximum atomic E-state index is 9.36. The summed E-state index contributed by atoms with van der Waals surface area (Å²) in [5.74, 6) is 0. The number of aromatic nitrogens is 3. The maximum absolute atomic E-state index is 9.36. The zero-order valence-corrected chi connectivity index (χ0v) is 11.6. The number of benzene rings is 1. The highest BCUT2D eigenvalue weighted by Crippen LogP contribution is 2.15. The van der Waals surface area contributed by atoms with Crippen molar-refractivity contribution in [2.24, 2.45) is 0 Å². The fourth-order valence-electron chi connectivity index (χ4n) is 2.23. The monoisotopic (exact) mass is 260 g/mol. The number of hydrogen-bond donors (Lipinski definition) is 1. The highest BCUT2D eigenvalue weighted by molar-refractivity contribution is 5.41. The lowest BCUT2D eigenvalue weighted by atomic mass is 10.1. The van der Waals surface area contributed by atoms with E-state index in [1.54, 1.807) is 17.9 Å². The number of aliphatic hydroxyl groups excluding tert-OH is 1. The molecule has 5 nitrogen and oxygen atoms in total. The first-order chi connectivity index (χ1) is 9.06. The van der Waals surface area contributed by atoms with Gasteiger partial charge in [-0.15, -0.1) is 0 Å². The van der Waals surface area contributed by atoms with Crippen molar-refractivity contribution in [1.29, 1.82) is 0 Å². The molecule has 102 valence electrons. The molecule has 1 atom stereocenters. The molecule has 1 unspecified atom stereocenters. The topological polar surface area (TPSA) is 54.2 Å². The number of hydrogen-bond acceptors (Lipinski definition) is 4. The van der Waals surface area contributed by atoms with Gasteiger partial charge in [0, 0.05) is 13.1 Å². The Morgan fingerprint density at radius 1 is 1.42 bits per heavy atom. The van der Waals surface area contributed by atoms with Crippen LogP contribution in [0.2, 0.25) is 0 Å². The average molecular weight is 260 g/mol. The Kier molecular flexibility index (Phi) is 4.29. The van der Waals surface area contributed by atoms with Crippen molar-refractivity contribution in [2.75, 3.05) is 13.6 Å². The SMILES string of the molecule is Cc1cc(CN(C)CC(C)O)ccc1-n1cncn1. The van der Waals surface area contributed by atoms with Gasteiger partial charge in [0.25, 0.3) is 0 Å². The van der Waals surface area contributed by atoms with Gasteiger partial charge in [0.2, 0.25) is 0 Å². The van der Waals surface area contributed by atoms with Crippen molar-refractivity contribution < 1.29 is 5.11 Å². The zero-order chi connectivity index (χ0) is 13.8. The Balaban J connectivity index is 2.11. The van der Waals surface area contributed by atoms with E-state index in [-0.39, 0.29) is 6.10 Å². The van der Waals surface area contributed by atoms with E-state index < -0.39 is 0 Å². The molecule has 1 heterocycles. The van der Waals surface area contributed by atoms with Gasteiger partial charge in [-0.25, -0.2) is 9.67 Å². The molecule has 2 rings (SSSR count). The molecule has 0 amide bonds. The normalized spacial score (nSPS) is 12.9. The predicted octanol–water partition coefficient (Wildman–Crippen LogP) is 1.39. The van der Waals surface area contributed by atoms with E-state index in [9.17, 15) is 5.11 Å². The molecule has 0 aliphatic carbocycles. The Bertz CT molecular complexity index is 522. The number of aryl methyl sites for hydroxylation is 1. The van der Waals surface area contributed by atoms with E-state index in [1.165, 1.54) is 11.9 Å². The van der Waals surface area contributed by atoms with Gasteiger partial charge in [-0.05, 0) is 38.1 Å². The van der Waals surface area contributed by atoms with Crippen LogP contribution in [0.4, 0.5) is 0 Å². The van der Waals surface area contributed by atoms with Crippen LogP contribution in [-0.2, 0) is 6.54 Å². The summed E-state index contributed by atoms with van der Waals surface area (Å²) in [4.78, 5) is 6.06. The summed E-state index contributed by atoms with van der Waals surface area (Å²) in [5.41, 5.74) is 3.43. The minimum absolute atomic E-state index is 0.305. The number of aliphatic hydroxyl groups is 1. The highest BCUT2D eigenvalue weighted by atomic mass is 16.3. The van der Waals surface area contributed by atoms with Crippen LogP contribution in [0.25, 0.3) is 5.69 Å². The van der Waals surface area contributed by atoms with E-state index in [0.717, 1.165) is 17.8 Å². The van der Waals surface area contributed by atoms with Crippen LogP contribution < -0.4 is 0 Å². The third-order valence-electron chi connectivity index (χ3n) is 2.96. The van der Waals surface area contributed by atoms with Gasteiger partial charge in [0.15, 0.2) is 0 Å². The molecule has 5 heteroatoms. The van der Waals surface area contributed by atoms with Crippen LogP contribution in [0.3, 0.4) is 0 Å². The Morgan fingerprint density at radius 2 is 2.21 bits per heavy atom. The molecule has 0 spiro atoms. The molecular weight excluding hydrogens is 240 g/mol. The zero-order valence-electron chi connectivity index (χ0n) is 11.6. The Hall–Kier alpha value is -1.72. The lowest BCUT2D eigenvalue weighted by Gasteiger charge is -2.19. The predicted molar refractivity (Wildman–Crippen MR) is 74.1 cm³/mol. The summed E-state index contributed by atoms with van der Waals surface area (Å²) in [6.45, 7) is 5.36. The Morgan fingerprint density at radius 3 is 2.79 bits per heavy atom. The molecule has 0 aliphatic rings. The lowest BCUT2D eigenvalue weighted by Crippen LogP contribution is -2.26. The number of likely N-dealkylation sites (N-methyl/N-ethyl adjacent to an activating group) is 1. The standard InChI is InChI=1S/C14H20N4O/c1-11-6-13(8-17(3)7-12(2)19)4-5-14(11)18-10-15-9-16-18/h4-6,9-10,12,19H,7-8H2,1-3H3. The molecule has 0 radical (unpaired) electrons. The molecule has 0 bridgehead atoms. The van der Waals surface area contributed by atoms with E-state index >= 15 is 0 Å². The summed E-state index contributed by atoms with van der Waals surface area (Å²) in [6, 6.07) is 6.29. The van der Waals surface area contributed by atoms with Gasteiger partial charge in [-0.2, -0.15) is 5.10 Å². The fraction of sp³-hybridized carbons (Fsp3) is 0.429. The average Bonchev–Trinajstić information content (AvgIpc) is 2.81. The molecule has 0 saturated heterocycles. The molecule has 0 fully saturated rings. The minimum Gasteiger partial charge on any atom is -0.392 e. The van der Waals surface area contributed by atoms with Crippen LogP contribution >= 0.6 is 0 Å². The van der Waals surface area contributed by atoms with Gasteiger partial charge in [-0.3, -0.25) is 4.90 Å². The number of nitrogens with zero attached hydrogens (tertiary/aromatic N) is 4. The van der Waals surface area contributed by atoms with Crippen molar-refractivity contribution in [3.63, 3.8) is 0 Å². The summed E-state index contributed by atoms with van der Waals surface area (Å²) in [7, 11) is 2.01. The third-order valence-corrected chi connectivity index (χ3v) is 2.96. The van der Waals surface area contributed by atoms with E-state index in [0.29, 0.717) is 6.54 Å². The second kappa shape index (κ2) is 5.95. The molecule has 1 aromatic carbocycles. The fourth-order valence-corrected chi connectivity index (χ4v) is 2.23. The molecule has 0 aliphatic heterocycles. The van der Waals surface area contributed by atoms with E-state index in [4.69, 9.17) is 0 Å². The maximum Gasteiger partial charge on any atom is 0.138 e. The smallest absolute Gasteiger partial charge is 0.138 e. The van der Waals surface area contributed by atoms with Crippen molar-refractivity contribution in [3.05, 3.63) is 42.0 Å². The first kappa shape index (κ1) is 13.7. The quantitative estimate of drug-likeness (QED) is 0.882. The third kappa shape index (κ3) is 3.62. The highest BCUT2D eigenvalue weighted by Gasteiger charge is 2.07. The second-order valence-corrected chi connectivity index (χ2v) is 5.01. The Labute approximate surface area is 113 Å². The van der Waals surface area contributed by atoms with Crippen molar-refractivity contribution >= 4 is 0 Å². The van der Waals surface area contributed by atoms with E-state index in [2.05, 4.69) is 40.1 Å². The molecular formula is C14H20N4O. The van der Waals surface area contributed by atoms with Crippen molar-refractivity contribution in [2.45, 2.75) is 26.5 Å². The van der Waals surface area contributed by atoms with Gasteiger partial charge in [0.05, 0.1) is 11.8 Å². The van der Waals surface area contributed by atoms with Crippen molar-refractivity contribution in [1.82, 2.24) is 19.7 Å². The summed E-state index contributed by atoms with van der Waals surface area (Å²) in [5, 5.41) is 13.5. The van der Waals surface area contributed by atoms with Gasteiger partial charge >= 0.3 is 0 Å². The van der Waals surface area contributed by atoms with Crippen LogP contribution in [-0.4, -0.2) is 44.5 Å². The van der Waals surface area contributed by atoms with Gasteiger partial charge < -0.3 is 5.11 Å². The lowest BCUT2D eigenvalue weighted by molar-refractivity contribution is 0.138. The molecule has 19 heavy (non-hydrogen) atoms. The summed E-state index contributed by atoms with van der Waals surface area (Å²) >= 11 is 0. The van der Waals surface area contributed by atoms with Gasteiger partial charge in [-0.1, -0.05) is 12.1 Å². The van der Waals surface area contributed by atoms with Crippen LogP contribution in [0.1, 0.15) is 18.1 Å². The number of rotatable bonds is 5. The van der Waals surface area contributed by atoms with Crippen LogP contribution in [0, 0.1) is 6.92 Å². The molecule has 1 aromatic heterocycles. The summed E-state index contributed by atoms with van der Waals surface area (Å²) < 4.78 is 1.76. The van der Waals surface area contributed by atoms with E-state index in [1.807, 2.05) is 7.05 Å². The second-order valence-electron chi connectivity index (χ2n) is 5.01. The summed E-state index contributed by atoms with van der Waals surface area (Å²) in [6.07, 6.45) is 2.92. The minimum atomic E-state index is -0.305.